The smallest absolute Gasteiger partial charge is 0.325 e. The van der Waals surface area contributed by atoms with Crippen molar-refractivity contribution >= 4 is 29.3 Å². The van der Waals surface area contributed by atoms with Crippen LogP contribution in [0.3, 0.4) is 0 Å². The number of anilines is 1. The van der Waals surface area contributed by atoms with Crippen LogP contribution in [0.25, 0.3) is 0 Å². The van der Waals surface area contributed by atoms with E-state index in [0.717, 1.165) is 18.0 Å². The molecule has 0 aliphatic heterocycles. The van der Waals surface area contributed by atoms with Gasteiger partial charge in [0, 0.05) is 11.9 Å². The largest absolute Gasteiger partial charge is 0.480 e. The van der Waals surface area contributed by atoms with Crippen LogP contribution in [0.1, 0.15) is 0 Å². The van der Waals surface area contributed by atoms with E-state index in [2.05, 4.69) is 10.3 Å². The van der Waals surface area contributed by atoms with Gasteiger partial charge in [-0.05, 0) is 0 Å². The Hall–Kier alpha value is -2.07. The lowest BCUT2D eigenvalue weighted by Gasteiger charge is -2.06. The molecule has 1 aromatic heterocycles. The summed E-state index contributed by atoms with van der Waals surface area (Å²) in [4.78, 5) is 48.0. The minimum Gasteiger partial charge on any atom is -0.480 e. The molecule has 0 saturated heterocycles. The van der Waals surface area contributed by atoms with Crippen LogP contribution >= 0.6 is 11.8 Å². The highest BCUT2D eigenvalue weighted by Gasteiger charge is 2.12. The van der Waals surface area contributed by atoms with E-state index < -0.39 is 29.2 Å². The third-order valence-electron chi connectivity index (χ3n) is 1.94. The zero-order chi connectivity index (χ0) is 14.4. The first-order chi connectivity index (χ1) is 8.90. The number of thioether (sulfide) groups is 1. The molecule has 0 fully saturated rings. The predicted octanol–water partition coefficient (Wildman–Crippen LogP) is -1.85. The number of aromatic amines is 2. The Morgan fingerprint density at radius 3 is 2.74 bits per heavy atom. The van der Waals surface area contributed by atoms with Crippen molar-refractivity contribution in [2.75, 3.05) is 16.8 Å². The lowest BCUT2D eigenvalue weighted by atomic mass is 10.4. The lowest BCUT2D eigenvalue weighted by molar-refractivity contribution is -0.137. The maximum absolute atomic E-state index is 11.4. The number of amides is 1. The van der Waals surface area contributed by atoms with E-state index in [1.807, 2.05) is 4.98 Å². The third kappa shape index (κ3) is 4.97. The number of rotatable bonds is 6. The molecule has 0 bridgehead atoms. The van der Waals surface area contributed by atoms with Gasteiger partial charge in [-0.1, -0.05) is 0 Å². The average Bonchev–Trinajstić information content (AvgIpc) is 2.32. The number of hydrogen-bond donors (Lipinski definition) is 5. The van der Waals surface area contributed by atoms with E-state index in [4.69, 9.17) is 10.8 Å². The quantitative estimate of drug-likeness (QED) is 0.411. The molecule has 6 N–H and O–H groups in total. The number of nitrogens with two attached hydrogens (primary N) is 1. The first kappa shape index (κ1) is 15.0. The van der Waals surface area contributed by atoms with Crippen LogP contribution in [0, 0.1) is 0 Å². The van der Waals surface area contributed by atoms with Gasteiger partial charge >= 0.3 is 11.7 Å². The number of carboxylic acids is 1. The maximum atomic E-state index is 11.4. The normalized spacial score (nSPS) is 11.8. The van der Waals surface area contributed by atoms with Crippen molar-refractivity contribution in [1.82, 2.24) is 9.97 Å². The van der Waals surface area contributed by atoms with Gasteiger partial charge in [-0.3, -0.25) is 19.4 Å². The Bertz CT molecular complexity index is 580. The molecule has 104 valence electrons. The summed E-state index contributed by atoms with van der Waals surface area (Å²) in [5, 5.41) is 10.8. The highest BCUT2D eigenvalue weighted by molar-refractivity contribution is 8.00. The topological polar surface area (TPSA) is 158 Å². The highest BCUT2D eigenvalue weighted by atomic mass is 32.2. The van der Waals surface area contributed by atoms with E-state index in [0.29, 0.717) is 0 Å². The fourth-order valence-corrected chi connectivity index (χ4v) is 1.81. The summed E-state index contributed by atoms with van der Waals surface area (Å²) in [5.74, 6) is -1.63. The van der Waals surface area contributed by atoms with Crippen LogP contribution in [0.5, 0.6) is 0 Å². The van der Waals surface area contributed by atoms with Crippen LogP contribution in [-0.2, 0) is 9.59 Å². The summed E-state index contributed by atoms with van der Waals surface area (Å²) in [6, 6.07) is -1.05. The number of nitrogens with one attached hydrogen (secondary N) is 3. The Kier molecular flexibility index (Phi) is 5.33. The Morgan fingerprint density at radius 2 is 2.16 bits per heavy atom. The van der Waals surface area contributed by atoms with Crippen molar-refractivity contribution in [3.8, 4) is 0 Å². The fraction of sp³-hybridized carbons (Fsp3) is 0.333. The van der Waals surface area contributed by atoms with Crippen LogP contribution < -0.4 is 22.3 Å². The minimum absolute atomic E-state index is 0.0560. The molecular weight excluding hydrogens is 276 g/mol. The number of hydrogen-bond acceptors (Lipinski definition) is 6. The van der Waals surface area contributed by atoms with Crippen molar-refractivity contribution in [3.63, 3.8) is 0 Å². The number of aliphatic carboxylic acids is 1. The molecule has 1 amide bonds. The van der Waals surface area contributed by atoms with Crippen LogP contribution in [-0.4, -0.2) is 44.5 Å². The maximum Gasteiger partial charge on any atom is 0.325 e. The fourth-order valence-electron chi connectivity index (χ4n) is 1.04. The molecule has 1 aromatic rings. The molecule has 19 heavy (non-hydrogen) atoms. The number of H-pyrrole nitrogens is 2. The molecule has 0 radical (unpaired) electrons. The van der Waals surface area contributed by atoms with E-state index in [9.17, 15) is 19.2 Å². The monoisotopic (exact) mass is 288 g/mol. The van der Waals surface area contributed by atoms with Gasteiger partial charge in [-0.2, -0.15) is 0 Å². The number of carbonyl (C=O) groups is 2. The van der Waals surface area contributed by atoms with Crippen LogP contribution in [0.2, 0.25) is 0 Å². The van der Waals surface area contributed by atoms with Gasteiger partial charge in [0.1, 0.15) is 11.7 Å². The molecule has 0 spiro atoms. The molecule has 0 aliphatic carbocycles. The molecule has 1 rings (SSSR count). The second kappa shape index (κ2) is 6.75. The molecule has 0 aromatic carbocycles. The molecule has 0 saturated carbocycles. The zero-order valence-corrected chi connectivity index (χ0v) is 10.5. The van der Waals surface area contributed by atoms with Crippen molar-refractivity contribution in [3.05, 3.63) is 27.0 Å². The summed E-state index contributed by atoms with van der Waals surface area (Å²) in [6.45, 7) is 0. The van der Waals surface area contributed by atoms with Crippen LogP contribution in [0.4, 0.5) is 5.69 Å². The molecule has 1 heterocycles. The summed E-state index contributed by atoms with van der Waals surface area (Å²) < 4.78 is 0. The Balaban J connectivity index is 2.45. The summed E-state index contributed by atoms with van der Waals surface area (Å²) >= 11 is 1.02. The van der Waals surface area contributed by atoms with Crippen molar-refractivity contribution < 1.29 is 14.7 Å². The van der Waals surface area contributed by atoms with Crippen molar-refractivity contribution in [2.24, 2.45) is 5.73 Å². The van der Waals surface area contributed by atoms with Gasteiger partial charge in [0.25, 0.3) is 5.56 Å². The SMILES string of the molecule is N[C@H](CSCC(=O)Nc1c[nH]c(=O)[nH]c1=O)C(=O)O. The number of carbonyl (C=O) groups excluding carboxylic acids is 1. The molecule has 9 nitrogen and oxygen atoms in total. The van der Waals surface area contributed by atoms with Gasteiger partial charge in [0.15, 0.2) is 0 Å². The van der Waals surface area contributed by atoms with Crippen molar-refractivity contribution in [1.29, 1.82) is 0 Å². The van der Waals surface area contributed by atoms with Gasteiger partial charge in [0.2, 0.25) is 5.91 Å². The van der Waals surface area contributed by atoms with E-state index >= 15 is 0 Å². The van der Waals surface area contributed by atoms with Crippen LogP contribution in [0.15, 0.2) is 15.8 Å². The highest BCUT2D eigenvalue weighted by Crippen LogP contribution is 2.03. The van der Waals surface area contributed by atoms with E-state index in [1.165, 1.54) is 0 Å². The van der Waals surface area contributed by atoms with E-state index in [-0.39, 0.29) is 17.2 Å². The molecule has 1 atom stereocenters. The molecule has 10 heteroatoms. The number of carboxylic acid groups (broad SMARTS) is 1. The summed E-state index contributed by atoms with van der Waals surface area (Å²) in [5.41, 5.74) is 3.76. The molecular formula is C9H12N4O5S. The Morgan fingerprint density at radius 1 is 1.47 bits per heavy atom. The second-order valence-corrected chi connectivity index (χ2v) is 4.52. The first-order valence-electron chi connectivity index (χ1n) is 5.08. The average molecular weight is 288 g/mol. The minimum atomic E-state index is -1.15. The summed E-state index contributed by atoms with van der Waals surface area (Å²) in [6.07, 6.45) is 1.08. The predicted molar refractivity (Wildman–Crippen MR) is 69.2 cm³/mol. The molecule has 0 aliphatic rings. The van der Waals surface area contributed by atoms with Gasteiger partial charge in [0.05, 0.1) is 5.75 Å². The van der Waals surface area contributed by atoms with Gasteiger partial charge in [-0.25, -0.2) is 4.79 Å². The van der Waals surface area contributed by atoms with Gasteiger partial charge in [-0.15, -0.1) is 11.8 Å². The number of aromatic nitrogens is 2. The first-order valence-corrected chi connectivity index (χ1v) is 6.23. The standard InChI is InChI=1S/C9H12N4O5S/c10-4(8(16)17)2-19-3-6(14)12-5-1-11-9(18)13-7(5)15/h1,4H,2-3,10H2,(H,12,14)(H,16,17)(H2,11,13,15,18)/t4-/m1/s1. The van der Waals surface area contributed by atoms with E-state index in [1.54, 1.807) is 0 Å². The Labute approximate surface area is 110 Å². The van der Waals surface area contributed by atoms with Gasteiger partial charge < -0.3 is 21.1 Å². The third-order valence-corrected chi connectivity index (χ3v) is 3.00. The lowest BCUT2D eigenvalue weighted by Crippen LogP contribution is -2.33. The van der Waals surface area contributed by atoms with Crippen molar-refractivity contribution in [2.45, 2.75) is 6.04 Å². The second-order valence-electron chi connectivity index (χ2n) is 3.49. The molecule has 0 unspecified atom stereocenters. The zero-order valence-electron chi connectivity index (χ0n) is 9.63. The summed E-state index contributed by atoms with van der Waals surface area (Å²) in [7, 11) is 0.